The number of furan rings is 1. The largest absolute Gasteiger partial charge is 0.447 e. The zero-order valence-electron chi connectivity index (χ0n) is 12.3. The van der Waals surface area contributed by atoms with Gasteiger partial charge in [-0.25, -0.2) is 13.1 Å². The lowest BCUT2D eigenvalue weighted by atomic mass is 9.81. The Kier molecular flexibility index (Phi) is 4.88. The Morgan fingerprint density at radius 1 is 1.30 bits per heavy atom. The van der Waals surface area contributed by atoms with Crippen LogP contribution in [0.3, 0.4) is 0 Å². The third-order valence-electron chi connectivity index (χ3n) is 3.78. The number of nitrogens with one attached hydrogen (secondary N) is 2. The molecule has 114 valence electrons. The van der Waals surface area contributed by atoms with Crippen molar-refractivity contribution < 1.29 is 12.8 Å². The highest BCUT2D eigenvalue weighted by atomic mass is 32.2. The summed E-state index contributed by atoms with van der Waals surface area (Å²) < 4.78 is 32.6. The average molecular weight is 300 g/mol. The van der Waals surface area contributed by atoms with Crippen LogP contribution in [0.25, 0.3) is 0 Å². The summed E-state index contributed by atoms with van der Waals surface area (Å²) in [6.07, 6.45) is 3.40. The fourth-order valence-electron chi connectivity index (χ4n) is 2.24. The molecule has 0 spiro atoms. The van der Waals surface area contributed by atoms with Gasteiger partial charge in [0, 0.05) is 12.1 Å². The molecule has 1 aliphatic carbocycles. The lowest BCUT2D eigenvalue weighted by Crippen LogP contribution is -2.40. The van der Waals surface area contributed by atoms with Crippen molar-refractivity contribution in [1.82, 2.24) is 10.0 Å². The standard InChI is InChI=1S/C14H24N2O3S/c1-10(2)15-9-13-7-8-14(19-13)20(17,18)16-11(3)12-5-4-6-12/h7-8,10-12,15-16H,4-6,9H2,1-3H3. The van der Waals surface area contributed by atoms with E-state index in [1.807, 2.05) is 20.8 Å². The van der Waals surface area contributed by atoms with E-state index in [1.54, 1.807) is 6.07 Å². The number of sulfonamides is 1. The van der Waals surface area contributed by atoms with Crippen LogP contribution >= 0.6 is 0 Å². The van der Waals surface area contributed by atoms with E-state index >= 15 is 0 Å². The van der Waals surface area contributed by atoms with Crippen LogP contribution in [0.2, 0.25) is 0 Å². The van der Waals surface area contributed by atoms with E-state index in [0.29, 0.717) is 24.3 Å². The number of hydrogen-bond donors (Lipinski definition) is 2. The molecule has 1 aliphatic rings. The Bertz CT molecular complexity index is 532. The molecule has 1 unspecified atom stereocenters. The minimum atomic E-state index is -3.54. The zero-order chi connectivity index (χ0) is 14.8. The van der Waals surface area contributed by atoms with Crippen molar-refractivity contribution in [3.63, 3.8) is 0 Å². The van der Waals surface area contributed by atoms with Crippen LogP contribution in [-0.2, 0) is 16.6 Å². The van der Waals surface area contributed by atoms with Crippen LogP contribution in [0.15, 0.2) is 21.6 Å². The summed E-state index contributed by atoms with van der Waals surface area (Å²) in [7, 11) is -3.54. The van der Waals surface area contributed by atoms with E-state index in [2.05, 4.69) is 10.0 Å². The van der Waals surface area contributed by atoms with Gasteiger partial charge in [0.2, 0.25) is 5.09 Å². The maximum atomic E-state index is 12.2. The third-order valence-corrected chi connectivity index (χ3v) is 5.22. The predicted molar refractivity (Wildman–Crippen MR) is 77.8 cm³/mol. The second-order valence-electron chi connectivity index (χ2n) is 5.86. The van der Waals surface area contributed by atoms with Crippen LogP contribution in [0, 0.1) is 5.92 Å². The van der Waals surface area contributed by atoms with Crippen LogP contribution in [0.1, 0.15) is 45.8 Å². The Morgan fingerprint density at radius 2 is 2.00 bits per heavy atom. The van der Waals surface area contributed by atoms with E-state index < -0.39 is 10.0 Å². The molecule has 0 radical (unpaired) electrons. The highest BCUT2D eigenvalue weighted by molar-refractivity contribution is 7.89. The van der Waals surface area contributed by atoms with Crippen LogP contribution in [0.5, 0.6) is 0 Å². The van der Waals surface area contributed by atoms with Crippen molar-refractivity contribution in [3.05, 3.63) is 17.9 Å². The first-order chi connectivity index (χ1) is 9.38. The topological polar surface area (TPSA) is 71.3 Å². The molecular formula is C14H24N2O3S. The minimum absolute atomic E-state index is 0.00392. The SMILES string of the molecule is CC(C)NCc1ccc(S(=O)(=O)NC(C)C2CCC2)o1. The first-order valence-corrected chi connectivity index (χ1v) is 8.71. The molecule has 5 nitrogen and oxygen atoms in total. The Labute approximate surface area is 121 Å². The maximum Gasteiger partial charge on any atom is 0.274 e. The lowest BCUT2D eigenvalue weighted by molar-refractivity contribution is 0.259. The van der Waals surface area contributed by atoms with Gasteiger partial charge in [-0.15, -0.1) is 0 Å². The van der Waals surface area contributed by atoms with Gasteiger partial charge in [-0.2, -0.15) is 0 Å². The van der Waals surface area contributed by atoms with E-state index in [0.717, 1.165) is 12.8 Å². The molecule has 0 aliphatic heterocycles. The smallest absolute Gasteiger partial charge is 0.274 e. The highest BCUT2D eigenvalue weighted by Crippen LogP contribution is 2.30. The van der Waals surface area contributed by atoms with Crippen LogP contribution in [0.4, 0.5) is 0 Å². The molecule has 2 rings (SSSR count). The zero-order valence-corrected chi connectivity index (χ0v) is 13.2. The van der Waals surface area contributed by atoms with Crippen molar-refractivity contribution in [2.24, 2.45) is 5.92 Å². The predicted octanol–water partition coefficient (Wildman–Crippen LogP) is 2.24. The van der Waals surface area contributed by atoms with Gasteiger partial charge in [-0.05, 0) is 37.8 Å². The normalized spacial score (nSPS) is 18.2. The molecule has 20 heavy (non-hydrogen) atoms. The second kappa shape index (κ2) is 6.28. The van der Waals surface area contributed by atoms with Gasteiger partial charge in [0.25, 0.3) is 10.0 Å². The summed E-state index contributed by atoms with van der Waals surface area (Å²) in [4.78, 5) is 0. The van der Waals surface area contributed by atoms with Crippen LogP contribution in [-0.4, -0.2) is 20.5 Å². The van der Waals surface area contributed by atoms with Gasteiger partial charge in [0.15, 0.2) is 0 Å². The molecule has 1 heterocycles. The summed E-state index contributed by atoms with van der Waals surface area (Å²) in [5, 5.41) is 3.20. The quantitative estimate of drug-likeness (QED) is 0.810. The summed E-state index contributed by atoms with van der Waals surface area (Å²) in [5.74, 6) is 1.09. The Balaban J connectivity index is 1.98. The van der Waals surface area contributed by atoms with E-state index in [1.165, 1.54) is 12.5 Å². The minimum Gasteiger partial charge on any atom is -0.447 e. The van der Waals surface area contributed by atoms with Gasteiger partial charge in [-0.1, -0.05) is 20.3 Å². The van der Waals surface area contributed by atoms with Gasteiger partial charge in [0.1, 0.15) is 5.76 Å². The molecular weight excluding hydrogens is 276 g/mol. The van der Waals surface area contributed by atoms with Gasteiger partial charge in [-0.3, -0.25) is 0 Å². The fraction of sp³-hybridized carbons (Fsp3) is 0.714. The Hall–Kier alpha value is -0.850. The molecule has 0 amide bonds. The molecule has 1 atom stereocenters. The summed E-state index contributed by atoms with van der Waals surface area (Å²) in [6, 6.07) is 3.53. The van der Waals surface area contributed by atoms with Crippen LogP contribution < -0.4 is 10.0 Å². The van der Waals surface area contributed by atoms with Crippen molar-refractivity contribution in [3.8, 4) is 0 Å². The molecule has 1 fully saturated rings. The first-order valence-electron chi connectivity index (χ1n) is 7.23. The molecule has 6 heteroatoms. The monoisotopic (exact) mass is 300 g/mol. The van der Waals surface area contributed by atoms with Gasteiger partial charge >= 0.3 is 0 Å². The summed E-state index contributed by atoms with van der Waals surface area (Å²) >= 11 is 0. The number of hydrogen-bond acceptors (Lipinski definition) is 4. The molecule has 0 bridgehead atoms. The lowest BCUT2D eigenvalue weighted by Gasteiger charge is -2.31. The van der Waals surface area contributed by atoms with Crippen molar-refractivity contribution in [2.75, 3.05) is 0 Å². The number of rotatable bonds is 7. The van der Waals surface area contributed by atoms with E-state index in [9.17, 15) is 8.42 Å². The van der Waals surface area contributed by atoms with Crippen molar-refractivity contribution >= 4 is 10.0 Å². The summed E-state index contributed by atoms with van der Waals surface area (Å²) in [5.41, 5.74) is 0. The third kappa shape index (κ3) is 3.84. The van der Waals surface area contributed by atoms with Crippen molar-refractivity contribution in [1.29, 1.82) is 0 Å². The molecule has 2 N–H and O–H groups in total. The highest BCUT2D eigenvalue weighted by Gasteiger charge is 2.29. The van der Waals surface area contributed by atoms with E-state index in [-0.39, 0.29) is 11.1 Å². The van der Waals surface area contributed by atoms with Crippen molar-refractivity contribution in [2.45, 2.75) is 63.8 Å². The molecule has 1 aromatic rings. The molecule has 1 aromatic heterocycles. The maximum absolute atomic E-state index is 12.2. The van der Waals surface area contributed by atoms with Gasteiger partial charge in [0.05, 0.1) is 6.54 Å². The molecule has 0 aromatic carbocycles. The Morgan fingerprint density at radius 3 is 2.55 bits per heavy atom. The second-order valence-corrected chi connectivity index (χ2v) is 7.50. The first kappa shape index (κ1) is 15.5. The molecule has 1 saturated carbocycles. The van der Waals surface area contributed by atoms with E-state index in [4.69, 9.17) is 4.42 Å². The van der Waals surface area contributed by atoms with Gasteiger partial charge < -0.3 is 9.73 Å². The fourth-order valence-corrected chi connectivity index (χ4v) is 3.50. The molecule has 0 saturated heterocycles. The summed E-state index contributed by atoms with van der Waals surface area (Å²) in [6.45, 7) is 6.52. The average Bonchev–Trinajstić information content (AvgIpc) is 2.71.